The minimum absolute atomic E-state index is 0.177. The lowest BCUT2D eigenvalue weighted by Gasteiger charge is -2.17. The molecule has 0 aliphatic heterocycles. The van der Waals surface area contributed by atoms with Gasteiger partial charge >= 0.3 is 5.97 Å². The lowest BCUT2D eigenvalue weighted by atomic mass is 10.5. The molecule has 1 atom stereocenters. The van der Waals surface area contributed by atoms with Crippen molar-refractivity contribution >= 4 is 33.7 Å². The highest BCUT2D eigenvalue weighted by Gasteiger charge is 2.14. The molecular formula is C10H20BrNO2S. The Morgan fingerprint density at radius 1 is 1.47 bits per heavy atom. The van der Waals surface area contributed by atoms with Crippen LogP contribution in [0.3, 0.4) is 0 Å². The van der Waals surface area contributed by atoms with E-state index < -0.39 is 0 Å². The van der Waals surface area contributed by atoms with E-state index in [1.54, 1.807) is 11.8 Å². The minimum Gasteiger partial charge on any atom is -0.468 e. The van der Waals surface area contributed by atoms with Crippen molar-refractivity contribution in [2.24, 2.45) is 0 Å². The van der Waals surface area contributed by atoms with Crippen LogP contribution in [0.4, 0.5) is 0 Å². The first kappa shape index (κ1) is 15.3. The topological polar surface area (TPSA) is 29.5 Å². The van der Waals surface area contributed by atoms with Crippen LogP contribution in [0, 0.1) is 0 Å². The zero-order valence-corrected chi connectivity index (χ0v) is 12.1. The van der Waals surface area contributed by atoms with Crippen molar-refractivity contribution in [3.63, 3.8) is 0 Å². The van der Waals surface area contributed by atoms with E-state index in [4.69, 9.17) is 0 Å². The Morgan fingerprint density at radius 3 is 2.53 bits per heavy atom. The summed E-state index contributed by atoms with van der Waals surface area (Å²) >= 11 is 5.07. The van der Waals surface area contributed by atoms with Crippen molar-refractivity contribution in [1.29, 1.82) is 0 Å². The van der Waals surface area contributed by atoms with Crippen molar-refractivity contribution in [3.8, 4) is 0 Å². The molecule has 1 unspecified atom stereocenters. The standard InChI is InChI=1S/C10H20BrNO2S/c1-4-12(5-2)6-7-15-8-9(11)10(13)14-3/h9H,4-8H2,1-3H3. The predicted octanol–water partition coefficient (Wildman–Crippen LogP) is 2.00. The smallest absolute Gasteiger partial charge is 0.320 e. The van der Waals surface area contributed by atoms with Gasteiger partial charge in [0, 0.05) is 18.1 Å². The van der Waals surface area contributed by atoms with Gasteiger partial charge in [-0.15, -0.1) is 0 Å². The first-order valence-electron chi connectivity index (χ1n) is 5.17. The fraction of sp³-hybridized carbons (Fsp3) is 0.900. The maximum Gasteiger partial charge on any atom is 0.320 e. The molecule has 5 heteroatoms. The maximum absolute atomic E-state index is 11.1. The van der Waals surface area contributed by atoms with Gasteiger partial charge in [0.25, 0.3) is 0 Å². The Kier molecular flexibility index (Phi) is 9.65. The summed E-state index contributed by atoms with van der Waals surface area (Å²) in [6.07, 6.45) is 0. The van der Waals surface area contributed by atoms with Crippen LogP contribution in [0.1, 0.15) is 13.8 Å². The van der Waals surface area contributed by atoms with Crippen LogP contribution in [0.25, 0.3) is 0 Å². The zero-order chi connectivity index (χ0) is 11.7. The number of methoxy groups -OCH3 is 1. The van der Waals surface area contributed by atoms with Crippen LogP contribution in [0.2, 0.25) is 0 Å². The van der Waals surface area contributed by atoms with Crippen molar-refractivity contribution in [2.45, 2.75) is 18.7 Å². The summed E-state index contributed by atoms with van der Waals surface area (Å²) in [6, 6.07) is 0. The molecule has 0 rings (SSSR count). The Balaban J connectivity index is 3.49. The van der Waals surface area contributed by atoms with Crippen LogP contribution >= 0.6 is 27.7 Å². The highest BCUT2D eigenvalue weighted by Crippen LogP contribution is 2.11. The van der Waals surface area contributed by atoms with Gasteiger partial charge in [0.2, 0.25) is 0 Å². The molecule has 0 saturated carbocycles. The second kappa shape index (κ2) is 9.48. The van der Waals surface area contributed by atoms with Gasteiger partial charge in [-0.05, 0) is 13.1 Å². The van der Waals surface area contributed by atoms with E-state index in [1.807, 2.05) is 0 Å². The molecular weight excluding hydrogens is 278 g/mol. The van der Waals surface area contributed by atoms with Gasteiger partial charge in [0.15, 0.2) is 0 Å². The molecule has 0 saturated heterocycles. The van der Waals surface area contributed by atoms with Crippen molar-refractivity contribution in [3.05, 3.63) is 0 Å². The fourth-order valence-corrected chi connectivity index (χ4v) is 2.76. The molecule has 0 aromatic rings. The van der Waals surface area contributed by atoms with Gasteiger partial charge in [0.1, 0.15) is 4.83 Å². The van der Waals surface area contributed by atoms with E-state index in [9.17, 15) is 4.79 Å². The molecule has 3 nitrogen and oxygen atoms in total. The molecule has 0 heterocycles. The van der Waals surface area contributed by atoms with Crippen LogP contribution in [0.15, 0.2) is 0 Å². The van der Waals surface area contributed by atoms with Crippen LogP contribution in [-0.2, 0) is 9.53 Å². The number of halogens is 1. The van der Waals surface area contributed by atoms with Crippen LogP contribution in [0.5, 0.6) is 0 Å². The minimum atomic E-state index is -0.190. The summed E-state index contributed by atoms with van der Waals surface area (Å²) in [6.45, 7) is 7.59. The number of esters is 1. The van der Waals surface area contributed by atoms with Gasteiger partial charge in [-0.25, -0.2) is 0 Å². The molecule has 0 aromatic carbocycles. The normalized spacial score (nSPS) is 12.9. The van der Waals surface area contributed by atoms with Crippen molar-refractivity contribution in [2.75, 3.05) is 38.2 Å². The average molecular weight is 298 g/mol. The monoisotopic (exact) mass is 297 g/mol. The third-order valence-electron chi connectivity index (χ3n) is 2.17. The number of nitrogens with zero attached hydrogens (tertiary/aromatic N) is 1. The third kappa shape index (κ3) is 7.19. The summed E-state index contributed by atoms with van der Waals surface area (Å²) in [5.41, 5.74) is 0. The Labute approximate surface area is 105 Å². The van der Waals surface area contributed by atoms with Crippen molar-refractivity contribution in [1.82, 2.24) is 4.90 Å². The second-order valence-corrected chi connectivity index (χ2v) is 5.35. The van der Waals surface area contributed by atoms with Gasteiger partial charge in [-0.2, -0.15) is 11.8 Å². The van der Waals surface area contributed by atoms with E-state index in [0.717, 1.165) is 31.1 Å². The number of carbonyl (C=O) groups excluding carboxylic acids is 1. The number of alkyl halides is 1. The molecule has 0 aromatic heterocycles. The van der Waals surface area contributed by atoms with Gasteiger partial charge in [-0.3, -0.25) is 4.79 Å². The van der Waals surface area contributed by atoms with Gasteiger partial charge in [-0.1, -0.05) is 29.8 Å². The lowest BCUT2D eigenvalue weighted by molar-refractivity contribution is -0.139. The van der Waals surface area contributed by atoms with Gasteiger partial charge < -0.3 is 9.64 Å². The molecule has 90 valence electrons. The molecule has 0 aliphatic carbocycles. The first-order valence-corrected chi connectivity index (χ1v) is 7.24. The SMILES string of the molecule is CCN(CC)CCSCC(Br)C(=O)OC. The van der Waals surface area contributed by atoms with E-state index in [1.165, 1.54) is 7.11 Å². The summed E-state index contributed by atoms with van der Waals surface area (Å²) in [7, 11) is 1.41. The number of carbonyl (C=O) groups is 1. The quantitative estimate of drug-likeness (QED) is 0.389. The van der Waals surface area contributed by atoms with E-state index in [2.05, 4.69) is 39.4 Å². The first-order chi connectivity index (χ1) is 7.15. The highest BCUT2D eigenvalue weighted by molar-refractivity contribution is 9.10. The molecule has 15 heavy (non-hydrogen) atoms. The number of thioether (sulfide) groups is 1. The second-order valence-electron chi connectivity index (χ2n) is 3.09. The molecule has 0 aliphatic rings. The average Bonchev–Trinajstić information content (AvgIpc) is 2.27. The molecule has 0 bridgehead atoms. The number of rotatable bonds is 8. The largest absolute Gasteiger partial charge is 0.468 e. The highest BCUT2D eigenvalue weighted by atomic mass is 79.9. The van der Waals surface area contributed by atoms with Crippen LogP contribution < -0.4 is 0 Å². The molecule has 0 N–H and O–H groups in total. The molecule has 0 radical (unpaired) electrons. The summed E-state index contributed by atoms with van der Waals surface area (Å²) in [5.74, 6) is 1.64. The maximum atomic E-state index is 11.1. The lowest BCUT2D eigenvalue weighted by Crippen LogP contribution is -2.26. The summed E-state index contributed by atoms with van der Waals surface area (Å²) < 4.78 is 4.62. The Hall–Kier alpha value is 0.260. The predicted molar refractivity (Wildman–Crippen MR) is 69.8 cm³/mol. The fourth-order valence-electron chi connectivity index (χ4n) is 1.12. The van der Waals surface area contributed by atoms with Gasteiger partial charge in [0.05, 0.1) is 7.11 Å². The molecule has 0 amide bonds. The number of ether oxygens (including phenoxy) is 1. The Morgan fingerprint density at radius 2 is 2.07 bits per heavy atom. The summed E-state index contributed by atoms with van der Waals surface area (Å²) in [4.78, 5) is 13.3. The molecule has 0 spiro atoms. The van der Waals surface area contributed by atoms with Crippen molar-refractivity contribution < 1.29 is 9.53 Å². The number of hydrogen-bond acceptors (Lipinski definition) is 4. The molecule has 0 fully saturated rings. The Bertz CT molecular complexity index is 177. The summed E-state index contributed by atoms with van der Waals surface area (Å²) in [5, 5.41) is 0. The van der Waals surface area contributed by atoms with E-state index in [0.29, 0.717) is 0 Å². The third-order valence-corrected chi connectivity index (χ3v) is 4.33. The van der Waals surface area contributed by atoms with Crippen LogP contribution in [-0.4, -0.2) is 53.9 Å². The number of hydrogen-bond donors (Lipinski definition) is 0. The van der Waals surface area contributed by atoms with E-state index in [-0.39, 0.29) is 10.8 Å². The van der Waals surface area contributed by atoms with E-state index >= 15 is 0 Å². The zero-order valence-electron chi connectivity index (χ0n) is 9.66.